The van der Waals surface area contributed by atoms with Crippen molar-refractivity contribution in [3.05, 3.63) is 59.4 Å². The molecular weight excluding hydrogens is 306 g/mol. The van der Waals surface area contributed by atoms with Crippen molar-refractivity contribution in [1.29, 1.82) is 0 Å². The predicted octanol–water partition coefficient (Wildman–Crippen LogP) is 2.94. The van der Waals surface area contributed by atoms with E-state index in [9.17, 15) is 9.90 Å². The lowest BCUT2D eigenvalue weighted by Crippen LogP contribution is -2.51. The number of hydrogen-bond donors (Lipinski definition) is 1. The largest absolute Gasteiger partial charge is 0.470 e. The quantitative estimate of drug-likeness (QED) is 0.879. The molecule has 5 nitrogen and oxygen atoms in total. The fraction of sp³-hybridized carbons (Fsp3) is 0.368. The highest BCUT2D eigenvalue weighted by Gasteiger charge is 2.52. The maximum atomic E-state index is 12.9. The lowest BCUT2D eigenvalue weighted by atomic mass is 9.67. The number of benzene rings is 1. The molecule has 1 aromatic carbocycles. The summed E-state index contributed by atoms with van der Waals surface area (Å²) in [6, 6.07) is 9.64. The molecule has 4 rings (SSSR count). The van der Waals surface area contributed by atoms with Gasteiger partial charge < -0.3 is 14.4 Å². The number of aromatic nitrogens is 1. The monoisotopic (exact) mass is 325 g/mol. The maximum Gasteiger partial charge on any atom is 0.265 e. The van der Waals surface area contributed by atoms with Crippen LogP contribution in [0.2, 0.25) is 0 Å². The van der Waals surface area contributed by atoms with Crippen molar-refractivity contribution in [2.45, 2.75) is 32.0 Å². The Morgan fingerprint density at radius 3 is 2.92 bits per heavy atom. The minimum absolute atomic E-state index is 0.158. The van der Waals surface area contributed by atoms with Crippen LogP contribution in [0.5, 0.6) is 5.88 Å². The first-order valence-corrected chi connectivity index (χ1v) is 8.18. The van der Waals surface area contributed by atoms with Crippen LogP contribution >= 0.6 is 0 Å². The zero-order chi connectivity index (χ0) is 16.7. The van der Waals surface area contributed by atoms with Crippen LogP contribution in [0.4, 0.5) is 0 Å². The van der Waals surface area contributed by atoms with E-state index >= 15 is 0 Å². The van der Waals surface area contributed by atoms with E-state index in [-0.39, 0.29) is 23.5 Å². The number of carbonyl (C=O) groups excluding carboxylic acids is 1. The topological polar surface area (TPSA) is 72.6 Å². The number of nitrogens with zero attached hydrogens (tertiary/aromatic N) is 1. The number of ether oxygens (including phenoxy) is 1. The number of aliphatic hydroxyl groups is 1. The van der Waals surface area contributed by atoms with Gasteiger partial charge in [-0.15, -0.1) is 0 Å². The zero-order valence-electron chi connectivity index (χ0n) is 13.4. The van der Waals surface area contributed by atoms with Gasteiger partial charge in [-0.3, -0.25) is 4.79 Å². The number of carbonyl (C=O) groups is 1. The van der Waals surface area contributed by atoms with Crippen LogP contribution in [0.15, 0.2) is 47.0 Å². The molecule has 0 fully saturated rings. The number of Topliss-reactive ketones (excluding diaryl/α,β-unsaturated/α-hetero) is 1. The van der Waals surface area contributed by atoms with Gasteiger partial charge in [-0.25, -0.2) is 0 Å². The van der Waals surface area contributed by atoms with Crippen molar-refractivity contribution in [2.75, 3.05) is 0 Å². The summed E-state index contributed by atoms with van der Waals surface area (Å²) in [5.41, 5.74) is -0.118. The van der Waals surface area contributed by atoms with Crippen LogP contribution in [0.1, 0.15) is 35.0 Å². The van der Waals surface area contributed by atoms with Gasteiger partial charge in [0.05, 0.1) is 0 Å². The third kappa shape index (κ3) is 2.36. The Balaban J connectivity index is 1.63. The first kappa shape index (κ1) is 15.1. The lowest BCUT2D eigenvalue weighted by Gasteiger charge is -2.40. The first-order chi connectivity index (χ1) is 11.6. The van der Waals surface area contributed by atoms with Gasteiger partial charge in [0, 0.05) is 12.3 Å². The third-order valence-electron chi connectivity index (χ3n) is 4.89. The minimum atomic E-state index is -1.39. The van der Waals surface area contributed by atoms with E-state index in [1.807, 2.05) is 49.4 Å². The first-order valence-electron chi connectivity index (χ1n) is 8.18. The summed E-state index contributed by atoms with van der Waals surface area (Å²) in [7, 11) is 0. The molecule has 2 aromatic rings. The SMILES string of the molecule is CC1C=C[C@H]2Cc3onc(OCc4ccccc4)c3C(=O)[C@@]2(O)C1. The second-order valence-corrected chi connectivity index (χ2v) is 6.69. The molecule has 1 N–H and O–H groups in total. The molecule has 2 aliphatic rings. The van der Waals surface area contributed by atoms with E-state index < -0.39 is 5.60 Å². The van der Waals surface area contributed by atoms with Crippen LogP contribution in [0.3, 0.4) is 0 Å². The van der Waals surface area contributed by atoms with Crippen LogP contribution in [0, 0.1) is 11.8 Å². The van der Waals surface area contributed by atoms with Crippen molar-refractivity contribution in [1.82, 2.24) is 5.16 Å². The summed E-state index contributed by atoms with van der Waals surface area (Å²) in [4.78, 5) is 12.9. The maximum absolute atomic E-state index is 12.9. The Morgan fingerprint density at radius 2 is 2.12 bits per heavy atom. The zero-order valence-corrected chi connectivity index (χ0v) is 13.4. The minimum Gasteiger partial charge on any atom is -0.470 e. The molecule has 24 heavy (non-hydrogen) atoms. The molecule has 0 saturated carbocycles. The van der Waals surface area contributed by atoms with Crippen molar-refractivity contribution >= 4 is 5.78 Å². The fourth-order valence-corrected chi connectivity index (χ4v) is 3.60. The van der Waals surface area contributed by atoms with E-state index in [0.29, 0.717) is 30.8 Å². The Hall–Kier alpha value is -2.40. The molecule has 1 heterocycles. The molecule has 0 aliphatic heterocycles. The highest BCUT2D eigenvalue weighted by molar-refractivity contribution is 6.06. The van der Waals surface area contributed by atoms with Gasteiger partial charge in [-0.2, -0.15) is 0 Å². The summed E-state index contributed by atoms with van der Waals surface area (Å²) >= 11 is 0. The fourth-order valence-electron chi connectivity index (χ4n) is 3.60. The Bertz CT molecular complexity index is 795. The van der Waals surface area contributed by atoms with Crippen LogP contribution in [-0.2, 0) is 13.0 Å². The number of allylic oxidation sites excluding steroid dienone is 1. The van der Waals surface area contributed by atoms with Crippen molar-refractivity contribution in [3.8, 4) is 5.88 Å². The average molecular weight is 325 g/mol. The van der Waals surface area contributed by atoms with Crippen LogP contribution < -0.4 is 4.74 Å². The Labute approximate surface area is 139 Å². The van der Waals surface area contributed by atoms with Gasteiger partial charge in [0.2, 0.25) is 5.78 Å². The smallest absolute Gasteiger partial charge is 0.265 e. The lowest BCUT2D eigenvalue weighted by molar-refractivity contribution is -0.0117. The molecule has 1 aromatic heterocycles. The molecule has 2 aliphatic carbocycles. The number of rotatable bonds is 3. The second-order valence-electron chi connectivity index (χ2n) is 6.69. The summed E-state index contributed by atoms with van der Waals surface area (Å²) in [5.74, 6) is 0.230. The molecule has 124 valence electrons. The molecule has 3 atom stereocenters. The van der Waals surface area contributed by atoms with E-state index in [4.69, 9.17) is 9.26 Å². The molecule has 0 radical (unpaired) electrons. The highest BCUT2D eigenvalue weighted by Crippen LogP contribution is 2.44. The van der Waals surface area contributed by atoms with Gasteiger partial charge >= 0.3 is 0 Å². The van der Waals surface area contributed by atoms with Crippen LogP contribution in [-0.4, -0.2) is 21.6 Å². The molecule has 0 saturated heterocycles. The van der Waals surface area contributed by atoms with E-state index in [0.717, 1.165) is 5.56 Å². The molecule has 0 amide bonds. The predicted molar refractivity (Wildman–Crippen MR) is 86.7 cm³/mol. The Morgan fingerprint density at radius 1 is 1.33 bits per heavy atom. The van der Waals surface area contributed by atoms with Gasteiger partial charge in [-0.05, 0) is 23.1 Å². The van der Waals surface area contributed by atoms with E-state index in [1.54, 1.807) is 0 Å². The van der Waals surface area contributed by atoms with Crippen LogP contribution in [0.25, 0.3) is 0 Å². The number of fused-ring (bicyclic) bond motifs is 2. The van der Waals surface area contributed by atoms with E-state index in [1.165, 1.54) is 0 Å². The van der Waals surface area contributed by atoms with Gasteiger partial charge in [0.15, 0.2) is 5.76 Å². The number of hydrogen-bond acceptors (Lipinski definition) is 5. The molecule has 1 unspecified atom stereocenters. The van der Waals surface area contributed by atoms with Crippen molar-refractivity contribution in [3.63, 3.8) is 0 Å². The standard InChI is InChI=1S/C19H19NO4/c1-12-7-8-14-9-15-16(17(21)19(14,22)10-12)18(20-24-15)23-11-13-5-3-2-4-6-13/h2-8,12,14,22H,9-11H2,1H3/t12?,14-,19+/m0/s1. The van der Waals surface area contributed by atoms with Crippen molar-refractivity contribution in [2.24, 2.45) is 11.8 Å². The second kappa shape index (κ2) is 5.60. The highest BCUT2D eigenvalue weighted by atomic mass is 16.5. The molecule has 5 heteroatoms. The molecule has 0 bridgehead atoms. The normalized spacial score (nSPS) is 28.3. The van der Waals surface area contributed by atoms with Gasteiger partial charge in [0.1, 0.15) is 17.8 Å². The van der Waals surface area contributed by atoms with Crippen molar-refractivity contribution < 1.29 is 19.2 Å². The Kier molecular flexibility index (Phi) is 3.53. The average Bonchev–Trinajstić information content (AvgIpc) is 2.98. The van der Waals surface area contributed by atoms with Gasteiger partial charge in [0.25, 0.3) is 5.88 Å². The van der Waals surface area contributed by atoms with E-state index in [2.05, 4.69) is 5.16 Å². The van der Waals surface area contributed by atoms with Gasteiger partial charge in [-0.1, -0.05) is 49.4 Å². The summed E-state index contributed by atoms with van der Waals surface area (Å²) < 4.78 is 11.0. The molecule has 0 spiro atoms. The number of ketones is 1. The third-order valence-corrected chi connectivity index (χ3v) is 4.89. The summed E-state index contributed by atoms with van der Waals surface area (Å²) in [5, 5.41) is 14.9. The molecular formula is C19H19NO4. The summed E-state index contributed by atoms with van der Waals surface area (Å²) in [6.07, 6.45) is 4.83. The summed E-state index contributed by atoms with van der Waals surface area (Å²) in [6.45, 7) is 2.29.